The standard InChI is InChI=1S/C19H26ClFO7/c1-26-11-3-5-12(6-4-11)27-14-8-10(2-7-13(14)20)19(25)18(24)17(23)16(22)15(9-21)28-19/h2,7-8,11-12,15-18,22-25H,3-6,9H2,1H3/t11?,12?,15-,16-,17+,18-,19-/m1/s1. The molecule has 9 heteroatoms. The summed E-state index contributed by atoms with van der Waals surface area (Å²) in [5, 5.41) is 41.2. The van der Waals surface area contributed by atoms with Crippen LogP contribution in [0.2, 0.25) is 5.02 Å². The Hall–Kier alpha value is -1.00. The van der Waals surface area contributed by atoms with E-state index in [1.807, 2.05) is 0 Å². The summed E-state index contributed by atoms with van der Waals surface area (Å²) in [6.45, 7) is -1.15. The first-order chi connectivity index (χ1) is 13.3. The quantitative estimate of drug-likeness (QED) is 0.568. The van der Waals surface area contributed by atoms with Crippen molar-refractivity contribution in [1.29, 1.82) is 0 Å². The van der Waals surface area contributed by atoms with E-state index in [1.165, 1.54) is 18.2 Å². The number of rotatable bonds is 5. The number of aliphatic hydroxyl groups excluding tert-OH is 3. The molecule has 0 bridgehead atoms. The van der Waals surface area contributed by atoms with Crippen LogP contribution < -0.4 is 4.74 Å². The number of aliphatic hydroxyl groups is 4. The Morgan fingerprint density at radius 1 is 1.14 bits per heavy atom. The molecule has 1 aliphatic heterocycles. The minimum absolute atomic E-state index is 0.0365. The average molecular weight is 421 g/mol. The van der Waals surface area contributed by atoms with Gasteiger partial charge in [-0.1, -0.05) is 17.7 Å². The molecule has 5 atom stereocenters. The second-order valence-electron chi connectivity index (χ2n) is 7.33. The van der Waals surface area contributed by atoms with E-state index in [4.69, 9.17) is 25.8 Å². The zero-order valence-corrected chi connectivity index (χ0v) is 16.3. The molecule has 1 saturated carbocycles. The minimum Gasteiger partial charge on any atom is -0.489 e. The zero-order chi connectivity index (χ0) is 20.5. The van der Waals surface area contributed by atoms with Crippen LogP contribution in [0.4, 0.5) is 4.39 Å². The lowest BCUT2D eigenvalue weighted by molar-refractivity contribution is -0.355. The predicted octanol–water partition coefficient (Wildman–Crippen LogP) is 1.27. The summed E-state index contributed by atoms with van der Waals surface area (Å²) in [5.74, 6) is -2.15. The Morgan fingerprint density at radius 3 is 2.39 bits per heavy atom. The van der Waals surface area contributed by atoms with Crippen LogP contribution in [0.5, 0.6) is 5.75 Å². The lowest BCUT2D eigenvalue weighted by atomic mass is 9.88. The van der Waals surface area contributed by atoms with Crippen LogP contribution in [0.25, 0.3) is 0 Å². The smallest absolute Gasteiger partial charge is 0.222 e. The fourth-order valence-electron chi connectivity index (χ4n) is 3.75. The highest BCUT2D eigenvalue weighted by Crippen LogP contribution is 2.40. The molecule has 1 heterocycles. The van der Waals surface area contributed by atoms with Crippen LogP contribution in [0.3, 0.4) is 0 Å². The molecule has 1 aliphatic carbocycles. The highest BCUT2D eigenvalue weighted by molar-refractivity contribution is 6.32. The molecular weight excluding hydrogens is 395 g/mol. The van der Waals surface area contributed by atoms with E-state index in [-0.39, 0.29) is 23.5 Å². The van der Waals surface area contributed by atoms with E-state index in [9.17, 15) is 24.8 Å². The fraction of sp³-hybridized carbons (Fsp3) is 0.684. The molecule has 0 spiro atoms. The SMILES string of the molecule is COC1CCC(Oc2cc([C@@]3(O)O[C@H](CF)[C@@H](O)[C@H](O)[C@H]3O)ccc2Cl)CC1. The van der Waals surface area contributed by atoms with Crippen LogP contribution in [-0.2, 0) is 15.3 Å². The van der Waals surface area contributed by atoms with E-state index in [1.54, 1.807) is 7.11 Å². The second kappa shape index (κ2) is 8.79. The summed E-state index contributed by atoms with van der Waals surface area (Å²) in [7, 11) is 1.68. The van der Waals surface area contributed by atoms with Gasteiger partial charge in [-0.3, -0.25) is 0 Å². The van der Waals surface area contributed by atoms with Gasteiger partial charge < -0.3 is 34.6 Å². The maximum atomic E-state index is 13.2. The Balaban J connectivity index is 1.82. The van der Waals surface area contributed by atoms with Crippen LogP contribution in [0.15, 0.2) is 18.2 Å². The Kier molecular flexibility index (Phi) is 6.81. The van der Waals surface area contributed by atoms with Gasteiger partial charge in [0.15, 0.2) is 0 Å². The fourth-order valence-corrected chi connectivity index (χ4v) is 3.91. The number of methoxy groups -OCH3 is 1. The van der Waals surface area contributed by atoms with Gasteiger partial charge >= 0.3 is 0 Å². The van der Waals surface area contributed by atoms with Crippen molar-refractivity contribution in [2.75, 3.05) is 13.8 Å². The molecule has 0 aromatic heterocycles. The molecule has 0 unspecified atom stereocenters. The molecule has 1 saturated heterocycles. The van der Waals surface area contributed by atoms with Crippen molar-refractivity contribution in [3.63, 3.8) is 0 Å². The van der Waals surface area contributed by atoms with Crippen molar-refractivity contribution < 1.29 is 39.0 Å². The van der Waals surface area contributed by atoms with Gasteiger partial charge in [-0.05, 0) is 37.8 Å². The molecule has 2 aliphatic rings. The Bertz CT molecular complexity index is 668. The van der Waals surface area contributed by atoms with Gasteiger partial charge in [-0.2, -0.15) is 0 Å². The molecule has 1 aromatic carbocycles. The van der Waals surface area contributed by atoms with Gasteiger partial charge in [-0.25, -0.2) is 4.39 Å². The van der Waals surface area contributed by atoms with Crippen LogP contribution >= 0.6 is 11.6 Å². The van der Waals surface area contributed by atoms with E-state index < -0.39 is 36.9 Å². The van der Waals surface area contributed by atoms with Crippen molar-refractivity contribution >= 4 is 11.6 Å². The third kappa shape index (κ3) is 4.14. The van der Waals surface area contributed by atoms with Gasteiger partial charge in [0.1, 0.15) is 36.8 Å². The van der Waals surface area contributed by atoms with Gasteiger partial charge in [0.25, 0.3) is 0 Å². The lowest BCUT2D eigenvalue weighted by Gasteiger charge is -2.45. The lowest BCUT2D eigenvalue weighted by Crippen LogP contribution is -2.63. The van der Waals surface area contributed by atoms with Crippen LogP contribution in [0.1, 0.15) is 31.2 Å². The number of alkyl halides is 1. The summed E-state index contributed by atoms with van der Waals surface area (Å²) in [6, 6.07) is 4.25. The Labute approximate surface area is 167 Å². The maximum Gasteiger partial charge on any atom is 0.222 e. The topological polar surface area (TPSA) is 109 Å². The summed E-state index contributed by atoms with van der Waals surface area (Å²) >= 11 is 6.22. The second-order valence-corrected chi connectivity index (χ2v) is 7.74. The molecular formula is C19H26ClFO7. The maximum absolute atomic E-state index is 13.2. The predicted molar refractivity (Wildman–Crippen MR) is 97.9 cm³/mol. The molecule has 3 rings (SSSR count). The summed E-state index contributed by atoms with van der Waals surface area (Å²) in [4.78, 5) is 0. The van der Waals surface area contributed by atoms with Crippen molar-refractivity contribution in [2.24, 2.45) is 0 Å². The van der Waals surface area contributed by atoms with Crippen LogP contribution in [-0.4, -0.2) is 70.8 Å². The highest BCUT2D eigenvalue weighted by Gasteiger charge is 2.54. The van der Waals surface area contributed by atoms with Gasteiger partial charge in [0, 0.05) is 12.7 Å². The largest absolute Gasteiger partial charge is 0.489 e. The molecule has 4 N–H and O–H groups in total. The summed E-state index contributed by atoms with van der Waals surface area (Å²) < 4.78 is 29.7. The van der Waals surface area contributed by atoms with E-state index in [0.29, 0.717) is 5.02 Å². The van der Waals surface area contributed by atoms with Crippen molar-refractivity contribution in [2.45, 2.75) is 68.1 Å². The normalized spacial score (nSPS) is 39.0. The molecule has 0 amide bonds. The third-order valence-electron chi connectivity index (χ3n) is 5.53. The van der Waals surface area contributed by atoms with Crippen molar-refractivity contribution in [3.05, 3.63) is 28.8 Å². The van der Waals surface area contributed by atoms with E-state index in [0.717, 1.165) is 25.7 Å². The van der Waals surface area contributed by atoms with E-state index >= 15 is 0 Å². The summed E-state index contributed by atoms with van der Waals surface area (Å²) in [5.41, 5.74) is 0.0365. The average Bonchev–Trinajstić information content (AvgIpc) is 2.71. The molecule has 7 nitrogen and oxygen atoms in total. The monoisotopic (exact) mass is 420 g/mol. The van der Waals surface area contributed by atoms with Crippen molar-refractivity contribution in [3.8, 4) is 5.75 Å². The number of benzene rings is 1. The minimum atomic E-state index is -2.42. The molecule has 2 fully saturated rings. The van der Waals surface area contributed by atoms with E-state index in [2.05, 4.69) is 0 Å². The van der Waals surface area contributed by atoms with Gasteiger partial charge in [0.2, 0.25) is 5.79 Å². The first-order valence-corrected chi connectivity index (χ1v) is 9.67. The number of hydrogen-bond acceptors (Lipinski definition) is 7. The number of halogens is 2. The number of hydrogen-bond donors (Lipinski definition) is 4. The van der Waals surface area contributed by atoms with Crippen molar-refractivity contribution in [1.82, 2.24) is 0 Å². The third-order valence-corrected chi connectivity index (χ3v) is 5.84. The molecule has 0 radical (unpaired) electrons. The molecule has 158 valence electrons. The first kappa shape index (κ1) is 21.7. The Morgan fingerprint density at radius 2 is 1.79 bits per heavy atom. The summed E-state index contributed by atoms with van der Waals surface area (Å²) in [6.07, 6.45) is -3.46. The molecule has 28 heavy (non-hydrogen) atoms. The molecule has 1 aromatic rings. The number of ether oxygens (including phenoxy) is 3. The zero-order valence-electron chi connectivity index (χ0n) is 15.5. The van der Waals surface area contributed by atoms with Gasteiger partial charge in [0.05, 0.1) is 17.2 Å². The van der Waals surface area contributed by atoms with Crippen LogP contribution in [0, 0.1) is 0 Å². The highest BCUT2D eigenvalue weighted by atomic mass is 35.5. The van der Waals surface area contributed by atoms with Gasteiger partial charge in [-0.15, -0.1) is 0 Å². The first-order valence-electron chi connectivity index (χ1n) is 9.30.